The molecule has 1 heterocycles. The van der Waals surface area contributed by atoms with Crippen molar-refractivity contribution >= 4 is 12.1 Å². The zero-order chi connectivity index (χ0) is 22.8. The number of hydrogen-bond acceptors (Lipinski definition) is 8. The van der Waals surface area contributed by atoms with Crippen LogP contribution in [0.3, 0.4) is 0 Å². The molecule has 1 amide bonds. The van der Waals surface area contributed by atoms with Crippen molar-refractivity contribution in [1.82, 2.24) is 10.2 Å². The van der Waals surface area contributed by atoms with E-state index in [-0.39, 0.29) is 18.6 Å². The lowest BCUT2D eigenvalue weighted by atomic mass is 10.1. The van der Waals surface area contributed by atoms with Gasteiger partial charge in [0.05, 0.1) is 19.8 Å². The van der Waals surface area contributed by atoms with Gasteiger partial charge in [0.15, 0.2) is 11.5 Å². The zero-order valence-corrected chi connectivity index (χ0v) is 19.0. The number of ether oxygens (including phenoxy) is 5. The highest BCUT2D eigenvalue weighted by Crippen LogP contribution is 2.26. The molecule has 9 nitrogen and oxygen atoms in total. The average molecular weight is 439 g/mol. The summed E-state index contributed by atoms with van der Waals surface area (Å²) in [4.78, 5) is 26.2. The molecule has 31 heavy (non-hydrogen) atoms. The number of carbonyl (C=O) groups excluding carboxylic acids is 2. The Hall–Kier alpha value is -2.52. The lowest BCUT2D eigenvalue weighted by Crippen LogP contribution is -2.49. The number of nitrogens with zero attached hydrogens (tertiary/aromatic N) is 1. The van der Waals surface area contributed by atoms with E-state index in [0.717, 1.165) is 0 Å². The van der Waals surface area contributed by atoms with Crippen LogP contribution < -0.4 is 14.8 Å². The second-order valence-electron chi connectivity index (χ2n) is 7.53. The van der Waals surface area contributed by atoms with Crippen molar-refractivity contribution in [2.45, 2.75) is 46.1 Å². The van der Waals surface area contributed by atoms with Crippen LogP contribution in [0.15, 0.2) is 24.3 Å². The molecule has 0 bridgehead atoms. The third-order valence-corrected chi connectivity index (χ3v) is 4.75. The fourth-order valence-electron chi connectivity index (χ4n) is 3.21. The lowest BCUT2D eigenvalue weighted by Gasteiger charge is -2.33. The van der Waals surface area contributed by atoms with Crippen molar-refractivity contribution in [3.8, 4) is 11.5 Å². The molecule has 1 aliphatic rings. The summed E-state index contributed by atoms with van der Waals surface area (Å²) in [6.07, 6.45) is -1.87. The highest BCUT2D eigenvalue weighted by atomic mass is 16.7. The Morgan fingerprint density at radius 2 is 1.84 bits per heavy atom. The molecule has 0 aliphatic carbocycles. The van der Waals surface area contributed by atoms with Crippen LogP contribution in [0, 0.1) is 5.92 Å². The summed E-state index contributed by atoms with van der Waals surface area (Å²) in [5, 5.41) is 2.90. The van der Waals surface area contributed by atoms with E-state index < -0.39 is 24.4 Å². The van der Waals surface area contributed by atoms with Gasteiger partial charge in [0.2, 0.25) is 6.29 Å². The molecule has 9 heteroatoms. The Labute approximate surface area is 183 Å². The number of carbonyl (C=O) groups is 2. The summed E-state index contributed by atoms with van der Waals surface area (Å²) in [6.45, 7) is 9.09. The van der Waals surface area contributed by atoms with Crippen molar-refractivity contribution < 1.29 is 33.3 Å². The summed E-state index contributed by atoms with van der Waals surface area (Å²) < 4.78 is 27.7. The fourth-order valence-corrected chi connectivity index (χ4v) is 3.21. The SMILES string of the molecule is CCOc1ccccc1OCC1CN(C(=O)OC(C)OC(=O)[C@H](NC)C(C)C)CCO1. The van der Waals surface area contributed by atoms with E-state index >= 15 is 0 Å². The fraction of sp³-hybridized carbons (Fsp3) is 0.636. The van der Waals surface area contributed by atoms with E-state index in [9.17, 15) is 9.59 Å². The van der Waals surface area contributed by atoms with Crippen LogP contribution in [0.4, 0.5) is 4.79 Å². The Balaban J connectivity index is 1.83. The molecule has 1 aromatic carbocycles. The highest BCUT2D eigenvalue weighted by Gasteiger charge is 2.29. The van der Waals surface area contributed by atoms with E-state index in [0.29, 0.717) is 37.8 Å². The standard InChI is InChI=1S/C22H34N2O7/c1-6-27-18-9-7-8-10-19(18)29-14-17-13-24(11-12-28-17)22(26)31-16(4)30-21(25)20(23-5)15(2)3/h7-10,15-17,20,23H,6,11-14H2,1-5H3/t16?,17?,20-/m1/s1. The monoisotopic (exact) mass is 438 g/mol. The first-order valence-corrected chi connectivity index (χ1v) is 10.6. The predicted octanol–water partition coefficient (Wildman–Crippen LogP) is 2.43. The first-order chi connectivity index (χ1) is 14.8. The average Bonchev–Trinajstić information content (AvgIpc) is 2.73. The topological polar surface area (TPSA) is 95.6 Å². The highest BCUT2D eigenvalue weighted by molar-refractivity contribution is 5.76. The smallest absolute Gasteiger partial charge is 0.413 e. The zero-order valence-electron chi connectivity index (χ0n) is 19.0. The molecular formula is C22H34N2O7. The normalized spacial score (nSPS) is 18.3. The second kappa shape index (κ2) is 12.4. The summed E-state index contributed by atoms with van der Waals surface area (Å²) in [5.74, 6) is 0.874. The van der Waals surface area contributed by atoms with E-state index in [1.807, 2.05) is 45.0 Å². The van der Waals surface area contributed by atoms with Gasteiger partial charge in [0.1, 0.15) is 18.8 Å². The maximum absolute atomic E-state index is 12.5. The van der Waals surface area contributed by atoms with E-state index in [1.165, 1.54) is 11.8 Å². The molecule has 174 valence electrons. The van der Waals surface area contributed by atoms with Gasteiger partial charge in [0, 0.05) is 13.5 Å². The Bertz CT molecular complexity index is 713. The molecule has 0 saturated carbocycles. The molecule has 3 atom stereocenters. The third kappa shape index (κ3) is 7.59. The number of para-hydroxylation sites is 2. The Morgan fingerprint density at radius 3 is 2.45 bits per heavy atom. The van der Waals surface area contributed by atoms with Gasteiger partial charge in [-0.1, -0.05) is 26.0 Å². The minimum atomic E-state index is -0.995. The number of morpholine rings is 1. The van der Waals surface area contributed by atoms with Crippen LogP contribution in [0.2, 0.25) is 0 Å². The van der Waals surface area contributed by atoms with Crippen molar-refractivity contribution in [2.75, 3.05) is 40.0 Å². The van der Waals surface area contributed by atoms with Crippen LogP contribution >= 0.6 is 0 Å². The van der Waals surface area contributed by atoms with Gasteiger partial charge in [-0.25, -0.2) is 4.79 Å². The Morgan fingerprint density at radius 1 is 1.16 bits per heavy atom. The van der Waals surface area contributed by atoms with Crippen LogP contribution in [0.1, 0.15) is 27.7 Å². The maximum Gasteiger partial charge on any atom is 0.413 e. The minimum absolute atomic E-state index is 0.0493. The number of hydrogen-bond donors (Lipinski definition) is 1. The largest absolute Gasteiger partial charge is 0.490 e. The van der Waals surface area contributed by atoms with Crippen LogP contribution in [-0.2, 0) is 19.0 Å². The first kappa shape index (κ1) is 24.7. The summed E-state index contributed by atoms with van der Waals surface area (Å²) >= 11 is 0. The molecule has 1 aromatic rings. The van der Waals surface area contributed by atoms with E-state index in [1.54, 1.807) is 7.05 Å². The summed E-state index contributed by atoms with van der Waals surface area (Å²) in [5.41, 5.74) is 0. The quantitative estimate of drug-likeness (QED) is 0.440. The number of esters is 1. The number of likely N-dealkylation sites (N-methyl/N-ethyl adjacent to an activating group) is 1. The van der Waals surface area contributed by atoms with Crippen LogP contribution in [0.5, 0.6) is 11.5 Å². The molecule has 2 rings (SSSR count). The molecular weight excluding hydrogens is 404 g/mol. The number of benzene rings is 1. The number of rotatable bonds is 10. The maximum atomic E-state index is 12.5. The van der Waals surface area contributed by atoms with Crippen molar-refractivity contribution in [3.63, 3.8) is 0 Å². The van der Waals surface area contributed by atoms with Gasteiger partial charge in [-0.3, -0.25) is 4.79 Å². The Kier molecular flexibility index (Phi) is 9.87. The van der Waals surface area contributed by atoms with Crippen molar-refractivity contribution in [2.24, 2.45) is 5.92 Å². The van der Waals surface area contributed by atoms with Crippen LogP contribution in [0.25, 0.3) is 0 Å². The van der Waals surface area contributed by atoms with Gasteiger partial charge in [-0.2, -0.15) is 0 Å². The molecule has 0 spiro atoms. The van der Waals surface area contributed by atoms with Gasteiger partial charge in [-0.15, -0.1) is 0 Å². The first-order valence-electron chi connectivity index (χ1n) is 10.6. The number of amides is 1. The van der Waals surface area contributed by atoms with Gasteiger partial charge in [0.25, 0.3) is 0 Å². The third-order valence-electron chi connectivity index (χ3n) is 4.75. The molecule has 1 aliphatic heterocycles. The second-order valence-corrected chi connectivity index (χ2v) is 7.53. The van der Waals surface area contributed by atoms with Gasteiger partial charge >= 0.3 is 12.1 Å². The molecule has 0 aromatic heterocycles. The van der Waals surface area contributed by atoms with Gasteiger partial charge in [-0.05, 0) is 32.0 Å². The number of nitrogens with one attached hydrogen (secondary N) is 1. The minimum Gasteiger partial charge on any atom is -0.490 e. The molecule has 2 unspecified atom stereocenters. The lowest BCUT2D eigenvalue weighted by molar-refractivity contribution is -0.170. The van der Waals surface area contributed by atoms with Crippen LogP contribution in [-0.4, -0.2) is 75.4 Å². The predicted molar refractivity (Wildman–Crippen MR) is 114 cm³/mol. The molecule has 1 saturated heterocycles. The van der Waals surface area contributed by atoms with Crippen molar-refractivity contribution in [1.29, 1.82) is 0 Å². The molecule has 0 radical (unpaired) electrons. The molecule has 1 N–H and O–H groups in total. The van der Waals surface area contributed by atoms with Gasteiger partial charge < -0.3 is 33.9 Å². The van der Waals surface area contributed by atoms with E-state index in [2.05, 4.69) is 5.32 Å². The molecule has 1 fully saturated rings. The summed E-state index contributed by atoms with van der Waals surface area (Å²) in [7, 11) is 1.69. The summed E-state index contributed by atoms with van der Waals surface area (Å²) in [6, 6.07) is 6.94. The van der Waals surface area contributed by atoms with Crippen molar-refractivity contribution in [3.05, 3.63) is 24.3 Å². The van der Waals surface area contributed by atoms with E-state index in [4.69, 9.17) is 23.7 Å².